The molecule has 3 rings (SSSR count). The van der Waals surface area contributed by atoms with E-state index in [9.17, 15) is 0 Å². The molecule has 0 amide bonds. The van der Waals surface area contributed by atoms with Crippen molar-refractivity contribution < 1.29 is 4.74 Å². The number of imidazole rings is 1. The normalized spacial score (nSPS) is 10.5. The SMILES string of the molecule is Clc1nc(Oc2ccccc2Br)nc(-n2ccnc2)n1. The topological polar surface area (TPSA) is 65.7 Å². The van der Waals surface area contributed by atoms with Crippen LogP contribution in [0.15, 0.2) is 47.5 Å². The van der Waals surface area contributed by atoms with Gasteiger partial charge in [-0.3, -0.25) is 4.57 Å². The first-order chi connectivity index (χ1) is 9.72. The molecule has 0 aliphatic rings. The van der Waals surface area contributed by atoms with Gasteiger partial charge in [0.15, 0.2) is 0 Å². The van der Waals surface area contributed by atoms with Crippen LogP contribution < -0.4 is 4.74 Å². The first kappa shape index (κ1) is 13.0. The minimum Gasteiger partial charge on any atom is -0.423 e. The highest BCUT2D eigenvalue weighted by molar-refractivity contribution is 9.10. The lowest BCUT2D eigenvalue weighted by Gasteiger charge is -2.07. The number of hydrogen-bond acceptors (Lipinski definition) is 5. The van der Waals surface area contributed by atoms with Gasteiger partial charge in [-0.1, -0.05) is 12.1 Å². The van der Waals surface area contributed by atoms with E-state index in [-0.39, 0.29) is 11.3 Å². The van der Waals surface area contributed by atoms with Crippen molar-refractivity contribution in [2.45, 2.75) is 0 Å². The molecule has 0 aliphatic heterocycles. The van der Waals surface area contributed by atoms with Gasteiger partial charge in [-0.15, -0.1) is 0 Å². The van der Waals surface area contributed by atoms with Crippen LogP contribution in [0.3, 0.4) is 0 Å². The van der Waals surface area contributed by atoms with E-state index in [2.05, 4.69) is 35.9 Å². The molecule has 1 aromatic carbocycles. The molecular formula is C12H7BrClN5O. The molecule has 0 bridgehead atoms. The molecule has 100 valence electrons. The van der Waals surface area contributed by atoms with Crippen LogP contribution in [0.4, 0.5) is 0 Å². The molecule has 2 heterocycles. The zero-order chi connectivity index (χ0) is 13.9. The first-order valence-electron chi connectivity index (χ1n) is 5.54. The fourth-order valence-electron chi connectivity index (χ4n) is 1.49. The van der Waals surface area contributed by atoms with Crippen molar-refractivity contribution in [3.63, 3.8) is 0 Å². The third-order valence-corrected chi connectivity index (χ3v) is 3.17. The van der Waals surface area contributed by atoms with Crippen LogP contribution in [-0.4, -0.2) is 24.5 Å². The van der Waals surface area contributed by atoms with Crippen LogP contribution in [0, 0.1) is 0 Å². The van der Waals surface area contributed by atoms with E-state index in [1.807, 2.05) is 18.2 Å². The van der Waals surface area contributed by atoms with Crippen molar-refractivity contribution in [3.8, 4) is 17.7 Å². The quantitative estimate of drug-likeness (QED) is 0.724. The summed E-state index contributed by atoms with van der Waals surface area (Å²) in [6.45, 7) is 0. The molecule has 0 N–H and O–H groups in total. The lowest BCUT2D eigenvalue weighted by molar-refractivity contribution is 0.435. The van der Waals surface area contributed by atoms with Gasteiger partial charge in [0.2, 0.25) is 11.2 Å². The molecule has 0 radical (unpaired) electrons. The molecule has 0 unspecified atom stereocenters. The summed E-state index contributed by atoms with van der Waals surface area (Å²) in [5.74, 6) is 0.927. The maximum atomic E-state index is 5.89. The van der Waals surface area contributed by atoms with E-state index in [0.29, 0.717) is 11.7 Å². The minimum absolute atomic E-state index is 0.0470. The van der Waals surface area contributed by atoms with Crippen LogP contribution in [0.2, 0.25) is 5.28 Å². The maximum absolute atomic E-state index is 5.89. The number of ether oxygens (including phenoxy) is 1. The van der Waals surface area contributed by atoms with Crippen LogP contribution in [0.5, 0.6) is 11.8 Å². The number of rotatable bonds is 3. The van der Waals surface area contributed by atoms with E-state index in [4.69, 9.17) is 16.3 Å². The van der Waals surface area contributed by atoms with E-state index >= 15 is 0 Å². The van der Waals surface area contributed by atoms with E-state index in [1.165, 1.54) is 0 Å². The zero-order valence-corrected chi connectivity index (χ0v) is 12.3. The second-order valence-electron chi connectivity index (χ2n) is 3.69. The Bertz CT molecular complexity index is 734. The van der Waals surface area contributed by atoms with Crippen molar-refractivity contribution >= 4 is 27.5 Å². The van der Waals surface area contributed by atoms with Crippen molar-refractivity contribution in [1.29, 1.82) is 0 Å². The van der Waals surface area contributed by atoms with E-state index < -0.39 is 0 Å². The Labute approximate surface area is 127 Å². The lowest BCUT2D eigenvalue weighted by Crippen LogP contribution is -2.03. The maximum Gasteiger partial charge on any atom is 0.328 e. The summed E-state index contributed by atoms with van der Waals surface area (Å²) in [5.41, 5.74) is 0. The van der Waals surface area contributed by atoms with Crippen molar-refractivity contribution in [2.24, 2.45) is 0 Å². The zero-order valence-electron chi connectivity index (χ0n) is 9.94. The summed E-state index contributed by atoms with van der Waals surface area (Å²) >= 11 is 9.27. The predicted molar refractivity (Wildman–Crippen MR) is 76.2 cm³/mol. The van der Waals surface area contributed by atoms with Crippen LogP contribution in [0.25, 0.3) is 5.95 Å². The average molecular weight is 353 g/mol. The first-order valence-corrected chi connectivity index (χ1v) is 6.72. The fraction of sp³-hybridized carbons (Fsp3) is 0. The van der Waals surface area contributed by atoms with Crippen molar-refractivity contribution in [1.82, 2.24) is 24.5 Å². The smallest absolute Gasteiger partial charge is 0.328 e. The van der Waals surface area contributed by atoms with Gasteiger partial charge >= 0.3 is 6.01 Å². The van der Waals surface area contributed by atoms with E-state index in [0.717, 1.165) is 4.47 Å². The lowest BCUT2D eigenvalue weighted by atomic mass is 10.3. The number of aromatic nitrogens is 5. The molecule has 0 fully saturated rings. The molecule has 8 heteroatoms. The Morgan fingerprint density at radius 3 is 2.75 bits per heavy atom. The van der Waals surface area contributed by atoms with Gasteiger partial charge in [0, 0.05) is 12.4 Å². The van der Waals surface area contributed by atoms with Crippen LogP contribution in [0.1, 0.15) is 0 Å². The number of benzene rings is 1. The molecule has 0 aliphatic carbocycles. The Kier molecular flexibility index (Phi) is 3.62. The van der Waals surface area contributed by atoms with Gasteiger partial charge in [0.25, 0.3) is 0 Å². The second-order valence-corrected chi connectivity index (χ2v) is 4.88. The highest BCUT2D eigenvalue weighted by atomic mass is 79.9. The molecule has 3 aromatic rings. The molecule has 6 nitrogen and oxygen atoms in total. The minimum atomic E-state index is 0.0470. The number of halogens is 2. The Balaban J connectivity index is 1.97. The summed E-state index contributed by atoms with van der Waals surface area (Å²) < 4.78 is 8.01. The second kappa shape index (κ2) is 5.56. The van der Waals surface area contributed by atoms with Gasteiger partial charge in [0.1, 0.15) is 12.1 Å². The number of hydrogen-bond donors (Lipinski definition) is 0. The van der Waals surface area contributed by atoms with Crippen molar-refractivity contribution in [3.05, 3.63) is 52.7 Å². The molecule has 2 aromatic heterocycles. The van der Waals surface area contributed by atoms with Gasteiger partial charge in [-0.25, -0.2) is 4.98 Å². The summed E-state index contributed by atoms with van der Waals surface area (Å²) in [4.78, 5) is 16.1. The van der Waals surface area contributed by atoms with Crippen molar-refractivity contribution in [2.75, 3.05) is 0 Å². The summed E-state index contributed by atoms with van der Waals surface area (Å²) in [6.07, 6.45) is 4.88. The Morgan fingerprint density at radius 2 is 2.00 bits per heavy atom. The molecule has 20 heavy (non-hydrogen) atoms. The van der Waals surface area contributed by atoms with Gasteiger partial charge in [-0.2, -0.15) is 15.0 Å². The monoisotopic (exact) mass is 351 g/mol. The number of nitrogens with zero attached hydrogens (tertiary/aromatic N) is 5. The van der Waals surface area contributed by atoms with E-state index in [1.54, 1.807) is 29.4 Å². The van der Waals surface area contributed by atoms with Crippen LogP contribution >= 0.6 is 27.5 Å². The molecule has 0 saturated heterocycles. The summed E-state index contributed by atoms with van der Waals surface area (Å²) in [5, 5.41) is 0.0470. The fourth-order valence-corrected chi connectivity index (χ4v) is 2.00. The predicted octanol–water partition coefficient (Wildman–Crippen LogP) is 3.27. The standard InChI is InChI=1S/C12H7BrClN5O/c13-8-3-1-2-4-9(8)20-12-17-10(14)16-11(18-12)19-6-5-15-7-19/h1-7H. The highest BCUT2D eigenvalue weighted by Gasteiger charge is 2.10. The average Bonchev–Trinajstić information content (AvgIpc) is 2.95. The van der Waals surface area contributed by atoms with Gasteiger partial charge < -0.3 is 4.74 Å². The summed E-state index contributed by atoms with van der Waals surface area (Å²) in [7, 11) is 0. The molecule has 0 atom stereocenters. The molecule has 0 saturated carbocycles. The molecular weight excluding hydrogens is 346 g/mol. The third kappa shape index (κ3) is 2.78. The third-order valence-electron chi connectivity index (χ3n) is 2.35. The highest BCUT2D eigenvalue weighted by Crippen LogP contribution is 2.27. The Hall–Kier alpha value is -1.99. The Morgan fingerprint density at radius 1 is 1.15 bits per heavy atom. The molecule has 0 spiro atoms. The largest absolute Gasteiger partial charge is 0.423 e. The van der Waals surface area contributed by atoms with Gasteiger partial charge in [-0.05, 0) is 39.7 Å². The summed E-state index contributed by atoms with van der Waals surface area (Å²) in [6, 6.07) is 7.49. The number of para-hydroxylation sites is 1. The van der Waals surface area contributed by atoms with Crippen LogP contribution in [-0.2, 0) is 0 Å². The van der Waals surface area contributed by atoms with Gasteiger partial charge in [0.05, 0.1) is 4.47 Å².